The number of carboxylic acids is 1. The first kappa shape index (κ1) is 15.8. The van der Waals surface area contributed by atoms with Crippen LogP contribution in [-0.4, -0.2) is 28.2 Å². The van der Waals surface area contributed by atoms with E-state index in [1.54, 1.807) is 0 Å². The zero-order valence-corrected chi connectivity index (χ0v) is 12.2. The Kier molecular flexibility index (Phi) is 5.20. The van der Waals surface area contributed by atoms with Crippen LogP contribution in [0.3, 0.4) is 0 Å². The zero-order valence-electron chi connectivity index (χ0n) is 12.2. The van der Waals surface area contributed by atoms with Gasteiger partial charge in [-0.05, 0) is 32.1 Å². The molecule has 0 aromatic heterocycles. The third kappa shape index (κ3) is 3.39. The number of carbonyl (C=O) groups is 2. The number of amides is 2. The van der Waals surface area contributed by atoms with Crippen LogP contribution in [-0.2, 0) is 4.79 Å². The molecule has 2 amide bonds. The summed E-state index contributed by atoms with van der Waals surface area (Å²) >= 11 is 0. The van der Waals surface area contributed by atoms with E-state index in [0.29, 0.717) is 12.8 Å². The fraction of sp³-hybridized carbons (Fsp3) is 0.857. The van der Waals surface area contributed by atoms with Gasteiger partial charge in [0.2, 0.25) is 0 Å². The van der Waals surface area contributed by atoms with Crippen LogP contribution < -0.4 is 10.6 Å². The lowest BCUT2D eigenvalue weighted by atomic mass is 9.90. The first-order chi connectivity index (χ1) is 8.93. The predicted molar refractivity (Wildman–Crippen MR) is 74.1 cm³/mol. The van der Waals surface area contributed by atoms with E-state index in [9.17, 15) is 14.7 Å². The van der Waals surface area contributed by atoms with Crippen molar-refractivity contribution in [2.24, 2.45) is 0 Å². The van der Waals surface area contributed by atoms with Crippen molar-refractivity contribution >= 4 is 12.0 Å². The highest BCUT2D eigenvalue weighted by Crippen LogP contribution is 2.30. The predicted octanol–water partition coefficient (Wildman–Crippen LogP) is 2.65. The third-order valence-corrected chi connectivity index (χ3v) is 4.63. The van der Waals surface area contributed by atoms with Crippen molar-refractivity contribution in [2.75, 3.05) is 0 Å². The van der Waals surface area contributed by atoms with Crippen LogP contribution in [0.15, 0.2) is 0 Å². The molecule has 0 heterocycles. The van der Waals surface area contributed by atoms with Crippen LogP contribution in [0.5, 0.6) is 0 Å². The summed E-state index contributed by atoms with van der Waals surface area (Å²) in [6, 6.07) is -0.352. The molecule has 0 aromatic carbocycles. The summed E-state index contributed by atoms with van der Waals surface area (Å²) in [7, 11) is 0. The lowest BCUT2D eigenvalue weighted by Crippen LogP contribution is -2.59. The number of hydrogen-bond donors (Lipinski definition) is 3. The number of urea groups is 1. The lowest BCUT2D eigenvalue weighted by Gasteiger charge is -2.34. The van der Waals surface area contributed by atoms with Crippen molar-refractivity contribution in [1.29, 1.82) is 0 Å². The van der Waals surface area contributed by atoms with E-state index in [0.717, 1.165) is 32.1 Å². The number of nitrogens with one attached hydrogen (secondary N) is 2. The molecule has 0 aromatic rings. The molecule has 19 heavy (non-hydrogen) atoms. The van der Waals surface area contributed by atoms with Crippen molar-refractivity contribution < 1.29 is 14.7 Å². The maximum Gasteiger partial charge on any atom is 0.329 e. The number of rotatable bonds is 6. The summed E-state index contributed by atoms with van der Waals surface area (Å²) in [5.41, 5.74) is -1.30. The van der Waals surface area contributed by atoms with Gasteiger partial charge in [-0.1, -0.05) is 33.6 Å². The topological polar surface area (TPSA) is 78.4 Å². The first-order valence-corrected chi connectivity index (χ1v) is 7.27. The number of aliphatic carboxylic acids is 1. The van der Waals surface area contributed by atoms with Gasteiger partial charge in [0, 0.05) is 5.54 Å². The van der Waals surface area contributed by atoms with Crippen LogP contribution in [0.2, 0.25) is 0 Å². The van der Waals surface area contributed by atoms with E-state index in [-0.39, 0.29) is 11.6 Å². The highest BCUT2D eigenvalue weighted by molar-refractivity contribution is 5.86. The number of carboxylic acid groups (broad SMARTS) is 1. The van der Waals surface area contributed by atoms with E-state index in [4.69, 9.17) is 0 Å². The standard InChI is InChI=1S/C14H26N2O3/c1-4-13(5-2,6-3)15-12(19)16-14(11(17)18)9-7-8-10-14/h4-10H2,1-3H3,(H,17,18)(H2,15,16,19). The van der Waals surface area contributed by atoms with Crippen LogP contribution >= 0.6 is 0 Å². The Morgan fingerprint density at radius 3 is 1.95 bits per heavy atom. The Balaban J connectivity index is 2.71. The summed E-state index contributed by atoms with van der Waals surface area (Å²) in [6.45, 7) is 6.11. The van der Waals surface area contributed by atoms with Crippen molar-refractivity contribution in [1.82, 2.24) is 10.6 Å². The Morgan fingerprint density at radius 1 is 1.11 bits per heavy atom. The fourth-order valence-electron chi connectivity index (χ4n) is 2.88. The van der Waals surface area contributed by atoms with Crippen LogP contribution in [0.4, 0.5) is 4.79 Å². The summed E-state index contributed by atoms with van der Waals surface area (Å²) in [6.07, 6.45) is 5.27. The van der Waals surface area contributed by atoms with E-state index in [1.165, 1.54) is 0 Å². The summed E-state index contributed by atoms with van der Waals surface area (Å²) in [5.74, 6) is -0.921. The average molecular weight is 270 g/mol. The van der Waals surface area contributed by atoms with Gasteiger partial charge in [-0.25, -0.2) is 9.59 Å². The maximum absolute atomic E-state index is 12.1. The first-order valence-electron chi connectivity index (χ1n) is 7.27. The third-order valence-electron chi connectivity index (χ3n) is 4.63. The fourth-order valence-corrected chi connectivity index (χ4v) is 2.88. The molecule has 0 saturated heterocycles. The Hall–Kier alpha value is -1.26. The van der Waals surface area contributed by atoms with Gasteiger partial charge in [0.15, 0.2) is 0 Å². The van der Waals surface area contributed by atoms with E-state index >= 15 is 0 Å². The number of hydrogen-bond acceptors (Lipinski definition) is 2. The van der Waals surface area contributed by atoms with Gasteiger partial charge >= 0.3 is 12.0 Å². The molecule has 1 aliphatic rings. The van der Waals surface area contributed by atoms with Gasteiger partial charge in [0.1, 0.15) is 5.54 Å². The molecule has 0 radical (unpaired) electrons. The molecular formula is C14H26N2O3. The average Bonchev–Trinajstić information content (AvgIpc) is 2.86. The summed E-state index contributed by atoms with van der Waals surface area (Å²) in [4.78, 5) is 23.5. The minimum absolute atomic E-state index is 0.234. The molecule has 0 spiro atoms. The molecule has 0 bridgehead atoms. The molecule has 110 valence electrons. The molecule has 1 fully saturated rings. The van der Waals surface area contributed by atoms with Crippen molar-refractivity contribution in [3.8, 4) is 0 Å². The maximum atomic E-state index is 12.1. The molecule has 1 aliphatic carbocycles. The second-order valence-corrected chi connectivity index (χ2v) is 5.51. The zero-order chi connectivity index (χ0) is 14.5. The van der Waals surface area contributed by atoms with Gasteiger partial charge in [-0.15, -0.1) is 0 Å². The van der Waals surface area contributed by atoms with Gasteiger partial charge < -0.3 is 15.7 Å². The molecule has 0 aliphatic heterocycles. The number of carbonyl (C=O) groups excluding carboxylic acids is 1. The second kappa shape index (κ2) is 6.26. The molecule has 1 rings (SSSR count). The van der Waals surface area contributed by atoms with Gasteiger partial charge in [-0.2, -0.15) is 0 Å². The largest absolute Gasteiger partial charge is 0.480 e. The molecule has 0 atom stereocenters. The van der Waals surface area contributed by atoms with E-state index in [2.05, 4.69) is 10.6 Å². The molecule has 3 N–H and O–H groups in total. The van der Waals surface area contributed by atoms with Crippen molar-refractivity contribution in [3.05, 3.63) is 0 Å². The molecular weight excluding hydrogens is 244 g/mol. The Labute approximate surface area is 115 Å². The van der Waals surface area contributed by atoms with Gasteiger partial charge in [-0.3, -0.25) is 0 Å². The van der Waals surface area contributed by atoms with Gasteiger partial charge in [0.05, 0.1) is 0 Å². The van der Waals surface area contributed by atoms with Crippen molar-refractivity contribution in [3.63, 3.8) is 0 Å². The SMILES string of the molecule is CCC(CC)(CC)NC(=O)NC1(C(=O)O)CCCC1. The quantitative estimate of drug-likeness (QED) is 0.694. The minimum Gasteiger partial charge on any atom is -0.480 e. The highest BCUT2D eigenvalue weighted by atomic mass is 16.4. The monoisotopic (exact) mass is 270 g/mol. The summed E-state index contributed by atoms with van der Waals surface area (Å²) < 4.78 is 0. The van der Waals surface area contributed by atoms with Crippen LogP contribution in [0.25, 0.3) is 0 Å². The van der Waals surface area contributed by atoms with E-state index < -0.39 is 11.5 Å². The molecule has 1 saturated carbocycles. The molecule has 5 heteroatoms. The van der Waals surface area contributed by atoms with Crippen molar-refractivity contribution in [2.45, 2.75) is 76.8 Å². The lowest BCUT2D eigenvalue weighted by molar-refractivity contribution is -0.144. The Bertz CT molecular complexity index is 323. The highest BCUT2D eigenvalue weighted by Gasteiger charge is 2.43. The molecule has 5 nitrogen and oxygen atoms in total. The smallest absolute Gasteiger partial charge is 0.329 e. The van der Waals surface area contributed by atoms with E-state index in [1.807, 2.05) is 20.8 Å². The summed E-state index contributed by atoms with van der Waals surface area (Å²) in [5, 5.41) is 15.0. The Morgan fingerprint density at radius 2 is 1.58 bits per heavy atom. The van der Waals surface area contributed by atoms with Crippen LogP contribution in [0, 0.1) is 0 Å². The minimum atomic E-state index is -1.06. The second-order valence-electron chi connectivity index (χ2n) is 5.51. The van der Waals surface area contributed by atoms with Gasteiger partial charge in [0.25, 0.3) is 0 Å². The van der Waals surface area contributed by atoms with Crippen LogP contribution in [0.1, 0.15) is 65.7 Å². The molecule has 0 unspecified atom stereocenters. The normalized spacial score (nSPS) is 18.1.